The minimum absolute atomic E-state index is 0.0386. The van der Waals surface area contributed by atoms with E-state index in [0.717, 1.165) is 19.3 Å². The molecule has 0 radical (unpaired) electrons. The normalized spacial score (nSPS) is 11.1. The van der Waals surface area contributed by atoms with Gasteiger partial charge in [0.15, 0.2) is 0 Å². The predicted octanol–water partition coefficient (Wildman–Crippen LogP) is 1.80. The SMILES string of the molecule is CCCCC(C)(C)C(=O)NCCC(=O)N(C)C. The van der Waals surface area contributed by atoms with E-state index in [1.165, 1.54) is 4.90 Å². The summed E-state index contributed by atoms with van der Waals surface area (Å²) in [7, 11) is 3.44. The van der Waals surface area contributed by atoms with Crippen LogP contribution in [0.25, 0.3) is 0 Å². The number of hydrogen-bond acceptors (Lipinski definition) is 2. The molecule has 0 heterocycles. The van der Waals surface area contributed by atoms with E-state index in [9.17, 15) is 9.59 Å². The lowest BCUT2D eigenvalue weighted by atomic mass is 9.86. The van der Waals surface area contributed by atoms with Crippen LogP contribution >= 0.6 is 0 Å². The average molecular weight is 242 g/mol. The van der Waals surface area contributed by atoms with Crippen molar-refractivity contribution in [3.05, 3.63) is 0 Å². The van der Waals surface area contributed by atoms with Gasteiger partial charge in [-0.05, 0) is 6.42 Å². The molecule has 0 aliphatic carbocycles. The second-order valence-electron chi connectivity index (χ2n) is 5.28. The van der Waals surface area contributed by atoms with E-state index in [1.54, 1.807) is 14.1 Å². The van der Waals surface area contributed by atoms with Crippen LogP contribution in [0.15, 0.2) is 0 Å². The van der Waals surface area contributed by atoms with Gasteiger partial charge in [0.2, 0.25) is 11.8 Å². The van der Waals surface area contributed by atoms with Crippen LogP contribution in [0.1, 0.15) is 46.5 Å². The molecule has 4 heteroatoms. The number of hydrogen-bond donors (Lipinski definition) is 1. The molecule has 4 nitrogen and oxygen atoms in total. The lowest BCUT2D eigenvalue weighted by molar-refractivity contribution is -0.130. The Labute approximate surface area is 105 Å². The summed E-state index contributed by atoms with van der Waals surface area (Å²) in [6.45, 7) is 6.44. The molecule has 17 heavy (non-hydrogen) atoms. The molecule has 0 rings (SSSR count). The topological polar surface area (TPSA) is 49.4 Å². The largest absolute Gasteiger partial charge is 0.355 e. The first-order chi connectivity index (χ1) is 7.81. The first kappa shape index (κ1) is 15.9. The van der Waals surface area contributed by atoms with Gasteiger partial charge in [0.05, 0.1) is 0 Å². The van der Waals surface area contributed by atoms with E-state index in [2.05, 4.69) is 12.2 Å². The quantitative estimate of drug-likeness (QED) is 0.740. The van der Waals surface area contributed by atoms with E-state index in [0.29, 0.717) is 13.0 Å². The summed E-state index contributed by atoms with van der Waals surface area (Å²) in [6, 6.07) is 0. The van der Waals surface area contributed by atoms with E-state index in [-0.39, 0.29) is 17.2 Å². The van der Waals surface area contributed by atoms with Crippen molar-refractivity contribution in [1.82, 2.24) is 10.2 Å². The summed E-state index contributed by atoms with van der Waals surface area (Å²) >= 11 is 0. The predicted molar refractivity (Wildman–Crippen MR) is 69.6 cm³/mol. The first-order valence-electron chi connectivity index (χ1n) is 6.29. The van der Waals surface area contributed by atoms with Crippen molar-refractivity contribution in [3.8, 4) is 0 Å². The van der Waals surface area contributed by atoms with Gasteiger partial charge in [-0.15, -0.1) is 0 Å². The molecule has 100 valence electrons. The van der Waals surface area contributed by atoms with E-state index < -0.39 is 0 Å². The van der Waals surface area contributed by atoms with Crippen LogP contribution in [-0.4, -0.2) is 37.4 Å². The molecule has 0 aliphatic heterocycles. The minimum Gasteiger partial charge on any atom is -0.355 e. The van der Waals surface area contributed by atoms with Crippen molar-refractivity contribution < 1.29 is 9.59 Å². The van der Waals surface area contributed by atoms with Gasteiger partial charge in [-0.3, -0.25) is 9.59 Å². The fourth-order valence-electron chi connectivity index (χ4n) is 1.48. The van der Waals surface area contributed by atoms with Crippen LogP contribution in [0, 0.1) is 5.41 Å². The van der Waals surface area contributed by atoms with Gasteiger partial charge in [0.25, 0.3) is 0 Å². The second-order valence-corrected chi connectivity index (χ2v) is 5.28. The zero-order chi connectivity index (χ0) is 13.5. The van der Waals surface area contributed by atoms with Crippen molar-refractivity contribution >= 4 is 11.8 Å². The molecule has 0 atom stereocenters. The van der Waals surface area contributed by atoms with Gasteiger partial charge < -0.3 is 10.2 Å². The Hall–Kier alpha value is -1.06. The third-order valence-corrected chi connectivity index (χ3v) is 2.89. The van der Waals surface area contributed by atoms with Gasteiger partial charge in [-0.1, -0.05) is 33.6 Å². The maximum Gasteiger partial charge on any atom is 0.225 e. The molecule has 0 aromatic heterocycles. The zero-order valence-electron chi connectivity index (χ0n) is 11.8. The van der Waals surface area contributed by atoms with Crippen LogP contribution in [0.4, 0.5) is 0 Å². The van der Waals surface area contributed by atoms with Crippen LogP contribution in [-0.2, 0) is 9.59 Å². The molecule has 0 aromatic carbocycles. The lowest BCUT2D eigenvalue weighted by Gasteiger charge is -2.23. The monoisotopic (exact) mass is 242 g/mol. The third kappa shape index (κ3) is 6.29. The fourth-order valence-corrected chi connectivity index (χ4v) is 1.48. The molecule has 1 N–H and O–H groups in total. The fraction of sp³-hybridized carbons (Fsp3) is 0.846. The number of amides is 2. The van der Waals surface area contributed by atoms with E-state index in [4.69, 9.17) is 0 Å². The number of rotatable bonds is 7. The molecule has 0 unspecified atom stereocenters. The number of nitrogens with one attached hydrogen (secondary N) is 1. The minimum atomic E-state index is -0.336. The summed E-state index contributed by atoms with van der Waals surface area (Å²) in [5.41, 5.74) is -0.336. The smallest absolute Gasteiger partial charge is 0.225 e. The highest BCUT2D eigenvalue weighted by Gasteiger charge is 2.26. The zero-order valence-corrected chi connectivity index (χ0v) is 11.8. The van der Waals surface area contributed by atoms with Crippen LogP contribution < -0.4 is 5.32 Å². The molecule has 0 spiro atoms. The summed E-state index contributed by atoms with van der Waals surface area (Å²) in [6.07, 6.45) is 3.40. The highest BCUT2D eigenvalue weighted by Crippen LogP contribution is 2.23. The lowest BCUT2D eigenvalue weighted by Crippen LogP contribution is -2.38. The van der Waals surface area contributed by atoms with E-state index >= 15 is 0 Å². The molecule has 0 aromatic rings. The Balaban J connectivity index is 3.96. The number of carbonyl (C=O) groups excluding carboxylic acids is 2. The highest BCUT2D eigenvalue weighted by atomic mass is 16.2. The second kappa shape index (κ2) is 7.30. The Morgan fingerprint density at radius 3 is 2.29 bits per heavy atom. The summed E-state index contributed by atoms with van der Waals surface area (Å²) in [5.74, 6) is 0.0779. The van der Waals surface area contributed by atoms with Gasteiger partial charge in [0.1, 0.15) is 0 Å². The maximum absolute atomic E-state index is 11.9. The Bertz CT molecular complexity index is 260. The number of carbonyl (C=O) groups is 2. The van der Waals surface area contributed by atoms with Crippen LogP contribution in [0.5, 0.6) is 0 Å². The first-order valence-corrected chi connectivity index (χ1v) is 6.29. The van der Waals surface area contributed by atoms with Gasteiger partial charge in [-0.2, -0.15) is 0 Å². The molecule has 0 bridgehead atoms. The van der Waals surface area contributed by atoms with Crippen molar-refractivity contribution in [2.24, 2.45) is 5.41 Å². The Morgan fingerprint density at radius 1 is 1.24 bits per heavy atom. The third-order valence-electron chi connectivity index (χ3n) is 2.89. The highest BCUT2D eigenvalue weighted by molar-refractivity contribution is 5.82. The van der Waals surface area contributed by atoms with Crippen molar-refractivity contribution in [2.75, 3.05) is 20.6 Å². The van der Waals surface area contributed by atoms with Gasteiger partial charge >= 0.3 is 0 Å². The Kier molecular flexibility index (Phi) is 6.85. The average Bonchev–Trinajstić information content (AvgIpc) is 2.25. The van der Waals surface area contributed by atoms with Crippen molar-refractivity contribution in [1.29, 1.82) is 0 Å². The molecule has 0 saturated heterocycles. The van der Waals surface area contributed by atoms with Crippen molar-refractivity contribution in [2.45, 2.75) is 46.5 Å². The number of nitrogens with zero attached hydrogens (tertiary/aromatic N) is 1. The standard InChI is InChI=1S/C13H26N2O2/c1-6-7-9-13(2,3)12(17)14-10-8-11(16)15(4)5/h6-10H2,1-5H3,(H,14,17). The molecule has 0 saturated carbocycles. The molecular weight excluding hydrogens is 216 g/mol. The Morgan fingerprint density at radius 2 is 1.82 bits per heavy atom. The summed E-state index contributed by atoms with van der Waals surface area (Å²) < 4.78 is 0. The molecule has 0 aliphatic rings. The van der Waals surface area contributed by atoms with Gasteiger partial charge in [0, 0.05) is 32.5 Å². The van der Waals surface area contributed by atoms with Gasteiger partial charge in [-0.25, -0.2) is 0 Å². The summed E-state index contributed by atoms with van der Waals surface area (Å²) in [5, 5.41) is 2.83. The van der Waals surface area contributed by atoms with Crippen molar-refractivity contribution in [3.63, 3.8) is 0 Å². The number of unbranched alkanes of at least 4 members (excludes halogenated alkanes) is 1. The molecule has 2 amide bonds. The van der Waals surface area contributed by atoms with E-state index in [1.807, 2.05) is 13.8 Å². The molecule has 0 fully saturated rings. The summed E-state index contributed by atoms with van der Waals surface area (Å²) in [4.78, 5) is 24.7. The van der Waals surface area contributed by atoms with Crippen LogP contribution in [0.2, 0.25) is 0 Å². The van der Waals surface area contributed by atoms with Crippen LogP contribution in [0.3, 0.4) is 0 Å². The maximum atomic E-state index is 11.9. The molecular formula is C13H26N2O2.